The molecule has 6 heteroatoms. The van der Waals surface area contributed by atoms with Gasteiger partial charge < -0.3 is 14.2 Å². The van der Waals surface area contributed by atoms with Crippen LogP contribution < -0.4 is 0 Å². The molecular formula is C76H126O6. The summed E-state index contributed by atoms with van der Waals surface area (Å²) in [6, 6.07) is 0. The van der Waals surface area contributed by atoms with Crippen LogP contribution in [0.3, 0.4) is 0 Å². The van der Waals surface area contributed by atoms with Crippen LogP contribution in [-0.2, 0) is 28.6 Å². The molecule has 6 nitrogen and oxygen atoms in total. The molecule has 0 N–H and O–H groups in total. The molecule has 82 heavy (non-hydrogen) atoms. The van der Waals surface area contributed by atoms with Gasteiger partial charge in [0.15, 0.2) is 6.10 Å². The molecule has 0 amide bonds. The van der Waals surface area contributed by atoms with E-state index in [4.69, 9.17) is 14.2 Å². The van der Waals surface area contributed by atoms with Gasteiger partial charge in [0.1, 0.15) is 13.2 Å². The fraction of sp³-hybridized carbons (Fsp3) is 0.671. The number of carbonyl (C=O) groups is 3. The number of carbonyl (C=O) groups excluding carboxylic acids is 3. The zero-order valence-electron chi connectivity index (χ0n) is 53.5. The van der Waals surface area contributed by atoms with E-state index >= 15 is 0 Å². The van der Waals surface area contributed by atoms with Crippen molar-refractivity contribution in [3.8, 4) is 0 Å². The molecule has 0 saturated heterocycles. The van der Waals surface area contributed by atoms with Gasteiger partial charge in [-0.1, -0.05) is 283 Å². The van der Waals surface area contributed by atoms with Crippen molar-refractivity contribution in [2.75, 3.05) is 13.2 Å². The van der Waals surface area contributed by atoms with Gasteiger partial charge >= 0.3 is 17.9 Å². The highest BCUT2D eigenvalue weighted by molar-refractivity contribution is 5.71. The van der Waals surface area contributed by atoms with Crippen molar-refractivity contribution in [2.24, 2.45) is 0 Å². The van der Waals surface area contributed by atoms with Crippen LogP contribution in [0.5, 0.6) is 0 Å². The third-order valence-corrected chi connectivity index (χ3v) is 14.4. The van der Waals surface area contributed by atoms with Crippen molar-refractivity contribution in [3.63, 3.8) is 0 Å². The van der Waals surface area contributed by atoms with Gasteiger partial charge in [-0.3, -0.25) is 14.4 Å². The lowest BCUT2D eigenvalue weighted by Crippen LogP contribution is -2.30. The largest absolute Gasteiger partial charge is 0.462 e. The Morgan fingerprint density at radius 3 is 0.768 bits per heavy atom. The SMILES string of the molecule is CC/C=C\C/C=C\C/C=C\C/C=C\C/C=C\C/C=C\C/C=C\CCCCCCCC(=O)OCC(COC(=O)CCCCCCCCC/C=C\C/C=C\CCCCCC)OC(=O)CCCCCCCCCCC/C=C\C/C=C\CCCCC. The van der Waals surface area contributed by atoms with E-state index in [0.717, 1.165) is 141 Å². The van der Waals surface area contributed by atoms with Gasteiger partial charge in [-0.15, -0.1) is 0 Å². The highest BCUT2D eigenvalue weighted by atomic mass is 16.6. The van der Waals surface area contributed by atoms with Crippen molar-refractivity contribution in [1.29, 1.82) is 0 Å². The third-order valence-electron chi connectivity index (χ3n) is 14.4. The van der Waals surface area contributed by atoms with E-state index < -0.39 is 6.10 Å². The van der Waals surface area contributed by atoms with E-state index in [-0.39, 0.29) is 31.1 Å². The van der Waals surface area contributed by atoms with E-state index in [9.17, 15) is 14.4 Å². The summed E-state index contributed by atoms with van der Waals surface area (Å²) in [6.45, 7) is 6.48. The van der Waals surface area contributed by atoms with Crippen LogP contribution in [0, 0.1) is 0 Å². The van der Waals surface area contributed by atoms with E-state index in [2.05, 4.69) is 154 Å². The summed E-state index contributed by atoms with van der Waals surface area (Å²) < 4.78 is 17.0. The Morgan fingerprint density at radius 2 is 0.476 bits per heavy atom. The highest BCUT2D eigenvalue weighted by Gasteiger charge is 2.19. The minimum absolute atomic E-state index is 0.0930. The lowest BCUT2D eigenvalue weighted by Gasteiger charge is -2.18. The van der Waals surface area contributed by atoms with E-state index in [0.29, 0.717) is 19.3 Å². The molecule has 0 spiro atoms. The van der Waals surface area contributed by atoms with Crippen molar-refractivity contribution in [1.82, 2.24) is 0 Å². The summed E-state index contributed by atoms with van der Waals surface area (Å²) in [6.07, 6.45) is 97.4. The molecule has 1 unspecified atom stereocenters. The molecular weight excluding hydrogens is 1010 g/mol. The van der Waals surface area contributed by atoms with E-state index in [1.54, 1.807) is 0 Å². The Kier molecular flexibility index (Phi) is 65.3. The average Bonchev–Trinajstić information content (AvgIpc) is 3.47. The molecule has 0 radical (unpaired) electrons. The fourth-order valence-electron chi connectivity index (χ4n) is 9.25. The minimum atomic E-state index is -0.799. The molecule has 0 aliphatic rings. The normalized spacial score (nSPS) is 13.0. The number of unbranched alkanes of at least 4 members (excludes halogenated alkanes) is 28. The average molecular weight is 1140 g/mol. The molecule has 0 heterocycles. The fourth-order valence-corrected chi connectivity index (χ4v) is 9.25. The first-order chi connectivity index (χ1) is 40.5. The maximum atomic E-state index is 13.0. The molecule has 0 aliphatic carbocycles. The number of hydrogen-bond donors (Lipinski definition) is 0. The number of rotatable bonds is 61. The van der Waals surface area contributed by atoms with Crippen LogP contribution in [0.2, 0.25) is 0 Å². The second-order valence-electron chi connectivity index (χ2n) is 22.3. The molecule has 0 aromatic heterocycles. The van der Waals surface area contributed by atoms with E-state index in [1.807, 2.05) is 0 Å². The maximum Gasteiger partial charge on any atom is 0.306 e. The summed E-state index contributed by atoms with van der Waals surface area (Å²) in [5.74, 6) is -0.917. The van der Waals surface area contributed by atoms with Gasteiger partial charge in [0.2, 0.25) is 0 Å². The molecule has 0 aromatic rings. The second-order valence-corrected chi connectivity index (χ2v) is 22.3. The Morgan fingerprint density at radius 1 is 0.256 bits per heavy atom. The number of ether oxygens (including phenoxy) is 3. The van der Waals surface area contributed by atoms with E-state index in [1.165, 1.54) is 128 Å². The van der Waals surface area contributed by atoms with Gasteiger partial charge in [-0.05, 0) is 141 Å². The second kappa shape index (κ2) is 69.0. The van der Waals surface area contributed by atoms with Crippen LogP contribution in [0.4, 0.5) is 0 Å². The Labute approximate surface area is 506 Å². The maximum absolute atomic E-state index is 13.0. The molecule has 0 rings (SSSR count). The number of hydrogen-bond acceptors (Lipinski definition) is 6. The summed E-state index contributed by atoms with van der Waals surface area (Å²) in [5.41, 5.74) is 0. The summed E-state index contributed by atoms with van der Waals surface area (Å²) in [4.78, 5) is 38.5. The first-order valence-electron chi connectivity index (χ1n) is 34.2. The molecule has 0 aliphatic heterocycles. The van der Waals surface area contributed by atoms with Crippen LogP contribution in [0.1, 0.15) is 310 Å². The van der Waals surface area contributed by atoms with Crippen molar-refractivity contribution in [2.45, 2.75) is 316 Å². The lowest BCUT2D eigenvalue weighted by molar-refractivity contribution is -0.167. The van der Waals surface area contributed by atoms with Gasteiger partial charge in [0, 0.05) is 19.3 Å². The summed E-state index contributed by atoms with van der Waals surface area (Å²) in [7, 11) is 0. The van der Waals surface area contributed by atoms with Crippen molar-refractivity contribution >= 4 is 17.9 Å². The third kappa shape index (κ3) is 66.4. The smallest absolute Gasteiger partial charge is 0.306 e. The Bertz CT molecular complexity index is 1730. The number of esters is 3. The zero-order chi connectivity index (χ0) is 59.2. The zero-order valence-corrected chi connectivity index (χ0v) is 53.5. The quantitative estimate of drug-likeness (QED) is 0.0261. The van der Waals surface area contributed by atoms with Crippen molar-refractivity contribution < 1.29 is 28.6 Å². The lowest BCUT2D eigenvalue weighted by atomic mass is 10.1. The first-order valence-corrected chi connectivity index (χ1v) is 34.2. The number of allylic oxidation sites excluding steroid dienone is 22. The van der Waals surface area contributed by atoms with Crippen molar-refractivity contribution in [3.05, 3.63) is 134 Å². The van der Waals surface area contributed by atoms with Gasteiger partial charge in [-0.25, -0.2) is 0 Å². The van der Waals surface area contributed by atoms with Crippen LogP contribution in [-0.4, -0.2) is 37.2 Å². The van der Waals surface area contributed by atoms with Gasteiger partial charge in [0.25, 0.3) is 0 Å². The molecule has 466 valence electrons. The van der Waals surface area contributed by atoms with Gasteiger partial charge in [-0.2, -0.15) is 0 Å². The first kappa shape index (κ1) is 77.5. The highest BCUT2D eigenvalue weighted by Crippen LogP contribution is 2.15. The Hall–Kier alpha value is -4.45. The van der Waals surface area contributed by atoms with Crippen LogP contribution >= 0.6 is 0 Å². The molecule has 0 bridgehead atoms. The molecule has 1 atom stereocenters. The minimum Gasteiger partial charge on any atom is -0.462 e. The Balaban J connectivity index is 4.44. The predicted octanol–water partition coefficient (Wildman–Crippen LogP) is 23.7. The topological polar surface area (TPSA) is 78.9 Å². The van der Waals surface area contributed by atoms with Gasteiger partial charge in [0.05, 0.1) is 0 Å². The summed E-state index contributed by atoms with van der Waals surface area (Å²) in [5, 5.41) is 0. The van der Waals surface area contributed by atoms with Crippen LogP contribution in [0.25, 0.3) is 0 Å². The molecule has 0 aromatic carbocycles. The molecule has 0 saturated carbocycles. The monoisotopic (exact) mass is 1130 g/mol. The predicted molar refractivity (Wildman–Crippen MR) is 357 cm³/mol. The standard InChI is InChI=1S/C76H126O6/c1-4-7-10-13-16-19-22-25-28-31-34-35-36-37-38-39-40-41-43-45-48-51-54-57-60-63-66-69-75(78)81-72-73(71-80-74(77)68-65-62-59-56-53-50-47-44-33-30-27-24-21-18-15-12-9-6-3)82-76(79)70-67-64-61-58-55-52-49-46-42-32-29-26-23-20-17-14-11-8-5-2/h7,10,16-17,19-21,24-26,28-30,33-35,37-38,40-41,45,48,73H,4-6,8-9,11-15,18,22-23,27,31-32,36,39,42-44,46-47,49-72H2,1-3H3/b10-7-,19-16-,20-17-,24-21-,28-25-,29-26-,33-30-,35-34-,38-37-,41-40-,48-45-. The van der Waals surface area contributed by atoms with Crippen LogP contribution in [0.15, 0.2) is 134 Å². The summed E-state index contributed by atoms with van der Waals surface area (Å²) >= 11 is 0. The molecule has 0 fully saturated rings.